The van der Waals surface area contributed by atoms with Gasteiger partial charge in [0.05, 0.1) is 31.6 Å². The van der Waals surface area contributed by atoms with E-state index in [0.717, 1.165) is 36.3 Å². The van der Waals surface area contributed by atoms with Crippen molar-refractivity contribution in [3.05, 3.63) is 47.8 Å². The molecular formula is C25H30N2O5. The van der Waals surface area contributed by atoms with Crippen LogP contribution in [0.3, 0.4) is 0 Å². The normalized spacial score (nSPS) is 25.4. The Morgan fingerprint density at radius 3 is 2.75 bits per heavy atom. The molecule has 2 fully saturated rings. The molecule has 0 radical (unpaired) electrons. The quantitative estimate of drug-likeness (QED) is 0.764. The molecular weight excluding hydrogens is 408 g/mol. The third kappa shape index (κ3) is 3.48. The maximum absolute atomic E-state index is 12.9. The minimum Gasteiger partial charge on any atom is -0.506 e. The predicted molar refractivity (Wildman–Crippen MR) is 118 cm³/mol. The van der Waals surface area contributed by atoms with Crippen molar-refractivity contribution in [2.75, 3.05) is 26.8 Å². The molecule has 0 saturated carbocycles. The van der Waals surface area contributed by atoms with Gasteiger partial charge in [-0.1, -0.05) is 12.1 Å². The van der Waals surface area contributed by atoms with Gasteiger partial charge >= 0.3 is 0 Å². The Labute approximate surface area is 188 Å². The number of piperidine rings is 1. The molecule has 1 N–H and O–H groups in total. The van der Waals surface area contributed by atoms with Gasteiger partial charge in [0.25, 0.3) is 5.91 Å². The highest BCUT2D eigenvalue weighted by atomic mass is 16.5. The summed E-state index contributed by atoms with van der Waals surface area (Å²) >= 11 is 0. The fourth-order valence-electron chi connectivity index (χ4n) is 5.56. The van der Waals surface area contributed by atoms with Crippen molar-refractivity contribution in [2.24, 2.45) is 11.3 Å². The summed E-state index contributed by atoms with van der Waals surface area (Å²) in [5, 5.41) is 9.65. The molecule has 1 amide bonds. The number of likely N-dealkylation sites (tertiary alicyclic amines) is 1. The van der Waals surface area contributed by atoms with Gasteiger partial charge in [0.2, 0.25) is 0 Å². The second kappa shape index (κ2) is 7.66. The second-order valence-electron chi connectivity index (χ2n) is 9.85. The van der Waals surface area contributed by atoms with Crippen LogP contribution < -0.4 is 9.47 Å². The zero-order chi connectivity index (χ0) is 22.5. The highest BCUT2D eigenvalue weighted by Gasteiger charge is 2.53. The van der Waals surface area contributed by atoms with Gasteiger partial charge in [0, 0.05) is 30.8 Å². The van der Waals surface area contributed by atoms with Crippen LogP contribution in [0.4, 0.5) is 0 Å². The van der Waals surface area contributed by atoms with Gasteiger partial charge in [-0.3, -0.25) is 9.78 Å². The Bertz CT molecular complexity index is 1030. The molecule has 5 rings (SSSR count). The molecule has 1 aromatic carbocycles. The number of nitrogens with zero attached hydrogens (tertiary/aromatic N) is 2. The third-order valence-corrected chi connectivity index (χ3v) is 7.46. The predicted octanol–water partition coefficient (Wildman–Crippen LogP) is 3.97. The average molecular weight is 439 g/mol. The van der Waals surface area contributed by atoms with Gasteiger partial charge in [-0.05, 0) is 50.7 Å². The van der Waals surface area contributed by atoms with Crippen molar-refractivity contribution < 1.29 is 24.1 Å². The number of hydrogen-bond acceptors (Lipinski definition) is 6. The summed E-state index contributed by atoms with van der Waals surface area (Å²) in [7, 11) is 1.66. The standard InChI is InChI=1S/C25H30N2O5/c1-24(2)19-12-25(15-31-21(19)18-5-4-6-20(30-3)22(18)32-24)7-9-27(10-8-25)23(29)16-11-17(28)14-26-13-16/h4-6,11,13-14,19,21,28H,7-10,12,15H2,1-3H3/t19-,21+/m0/s1. The van der Waals surface area contributed by atoms with E-state index < -0.39 is 0 Å². The molecule has 0 aliphatic carbocycles. The van der Waals surface area contributed by atoms with Crippen molar-refractivity contribution in [2.45, 2.75) is 44.8 Å². The molecule has 2 saturated heterocycles. The van der Waals surface area contributed by atoms with E-state index in [0.29, 0.717) is 25.3 Å². The van der Waals surface area contributed by atoms with Crippen molar-refractivity contribution >= 4 is 5.91 Å². The Morgan fingerprint density at radius 2 is 2.03 bits per heavy atom. The van der Waals surface area contributed by atoms with Crippen LogP contribution in [0.2, 0.25) is 0 Å². The number of aromatic nitrogens is 1. The number of amides is 1. The summed E-state index contributed by atoms with van der Waals surface area (Å²) < 4.78 is 18.6. The molecule has 2 atom stereocenters. The number of ether oxygens (including phenoxy) is 3. The first-order chi connectivity index (χ1) is 15.3. The summed E-state index contributed by atoms with van der Waals surface area (Å²) in [6.07, 6.45) is 5.59. The van der Waals surface area contributed by atoms with Gasteiger partial charge < -0.3 is 24.2 Å². The van der Waals surface area contributed by atoms with E-state index in [2.05, 4.69) is 24.9 Å². The number of pyridine rings is 1. The first-order valence-electron chi connectivity index (χ1n) is 11.2. The highest BCUT2D eigenvalue weighted by Crippen LogP contribution is 2.57. The van der Waals surface area contributed by atoms with Crippen LogP contribution in [-0.4, -0.2) is 53.3 Å². The lowest BCUT2D eigenvalue weighted by Crippen LogP contribution is -2.54. The van der Waals surface area contributed by atoms with Crippen molar-refractivity contribution in [3.63, 3.8) is 0 Å². The lowest BCUT2D eigenvalue weighted by molar-refractivity contribution is -0.173. The SMILES string of the molecule is COc1cccc2c1OC(C)(C)[C@H]1CC3(CCN(C(=O)c4cncc(O)c4)CC3)CO[C@H]21. The number of methoxy groups -OCH3 is 1. The van der Waals surface area contributed by atoms with Crippen molar-refractivity contribution in [1.29, 1.82) is 0 Å². The van der Waals surface area contributed by atoms with Crippen LogP contribution in [0.15, 0.2) is 36.7 Å². The maximum atomic E-state index is 12.9. The number of para-hydroxylation sites is 1. The Hall–Kier alpha value is -2.80. The molecule has 7 nitrogen and oxygen atoms in total. The van der Waals surface area contributed by atoms with Gasteiger partial charge in [0.15, 0.2) is 11.5 Å². The van der Waals surface area contributed by atoms with E-state index in [4.69, 9.17) is 14.2 Å². The lowest BCUT2D eigenvalue weighted by Gasteiger charge is -2.54. The summed E-state index contributed by atoms with van der Waals surface area (Å²) in [6, 6.07) is 7.47. The van der Waals surface area contributed by atoms with E-state index >= 15 is 0 Å². The minimum absolute atomic E-state index is 0.00694. The van der Waals surface area contributed by atoms with Gasteiger partial charge in [-0.2, -0.15) is 0 Å². The monoisotopic (exact) mass is 438 g/mol. The Kier molecular flexibility index (Phi) is 5.04. The molecule has 1 spiro atoms. The van der Waals surface area contributed by atoms with Crippen LogP contribution >= 0.6 is 0 Å². The van der Waals surface area contributed by atoms with Crippen molar-refractivity contribution in [3.8, 4) is 17.2 Å². The molecule has 0 bridgehead atoms. The molecule has 2 aromatic rings. The van der Waals surface area contributed by atoms with Gasteiger partial charge in [-0.25, -0.2) is 0 Å². The summed E-state index contributed by atoms with van der Waals surface area (Å²) in [6.45, 7) is 6.28. The topological polar surface area (TPSA) is 81.1 Å². The van der Waals surface area contributed by atoms with Crippen LogP contribution in [0, 0.1) is 11.3 Å². The zero-order valence-corrected chi connectivity index (χ0v) is 18.8. The minimum atomic E-state index is -0.389. The number of rotatable bonds is 2. The van der Waals surface area contributed by atoms with Gasteiger partial charge in [-0.15, -0.1) is 0 Å². The maximum Gasteiger partial charge on any atom is 0.255 e. The summed E-state index contributed by atoms with van der Waals surface area (Å²) in [4.78, 5) is 18.7. The largest absolute Gasteiger partial charge is 0.506 e. The molecule has 3 aliphatic heterocycles. The molecule has 7 heteroatoms. The lowest BCUT2D eigenvalue weighted by atomic mass is 9.64. The van der Waals surface area contributed by atoms with E-state index in [1.807, 2.05) is 17.0 Å². The van der Waals surface area contributed by atoms with E-state index in [-0.39, 0.29) is 34.7 Å². The first-order valence-corrected chi connectivity index (χ1v) is 11.2. The fraction of sp³-hybridized carbons (Fsp3) is 0.520. The first kappa shape index (κ1) is 21.1. The molecule has 170 valence electrons. The van der Waals surface area contributed by atoms with Crippen LogP contribution in [0.1, 0.15) is 55.1 Å². The number of benzene rings is 1. The van der Waals surface area contributed by atoms with Crippen LogP contribution in [0.5, 0.6) is 17.2 Å². The number of carbonyl (C=O) groups excluding carboxylic acids is 1. The Balaban J connectivity index is 1.33. The van der Waals surface area contributed by atoms with Crippen LogP contribution in [0.25, 0.3) is 0 Å². The molecule has 3 aliphatic rings. The van der Waals surface area contributed by atoms with Crippen molar-refractivity contribution in [1.82, 2.24) is 9.88 Å². The van der Waals surface area contributed by atoms with E-state index in [1.165, 1.54) is 18.5 Å². The number of carbonyl (C=O) groups is 1. The number of fused-ring (bicyclic) bond motifs is 3. The second-order valence-corrected chi connectivity index (χ2v) is 9.85. The van der Waals surface area contributed by atoms with E-state index in [9.17, 15) is 9.90 Å². The fourth-order valence-corrected chi connectivity index (χ4v) is 5.56. The van der Waals surface area contributed by atoms with E-state index in [1.54, 1.807) is 7.11 Å². The van der Waals surface area contributed by atoms with Crippen LogP contribution in [-0.2, 0) is 4.74 Å². The molecule has 32 heavy (non-hydrogen) atoms. The zero-order valence-electron chi connectivity index (χ0n) is 18.8. The highest BCUT2D eigenvalue weighted by molar-refractivity contribution is 5.94. The number of hydrogen-bond donors (Lipinski definition) is 1. The summed E-state index contributed by atoms with van der Waals surface area (Å²) in [5.41, 5.74) is 1.13. The Morgan fingerprint density at radius 1 is 1.25 bits per heavy atom. The smallest absolute Gasteiger partial charge is 0.255 e. The summed E-state index contributed by atoms with van der Waals surface area (Å²) in [5.74, 6) is 1.67. The molecule has 0 unspecified atom stereocenters. The molecule has 1 aromatic heterocycles. The number of aromatic hydroxyl groups is 1. The van der Waals surface area contributed by atoms with Gasteiger partial charge in [0.1, 0.15) is 11.4 Å². The third-order valence-electron chi connectivity index (χ3n) is 7.46. The molecule has 4 heterocycles. The average Bonchev–Trinajstić information content (AvgIpc) is 2.79.